The van der Waals surface area contributed by atoms with Crippen molar-refractivity contribution < 1.29 is 4.79 Å². The molecule has 15 heavy (non-hydrogen) atoms. The van der Waals surface area contributed by atoms with Crippen LogP contribution >= 0.6 is 0 Å². The molecule has 0 spiro atoms. The van der Waals surface area contributed by atoms with E-state index < -0.39 is 5.91 Å². The van der Waals surface area contributed by atoms with E-state index in [0.29, 0.717) is 6.42 Å². The van der Waals surface area contributed by atoms with Gasteiger partial charge in [-0.1, -0.05) is 58.3 Å². The zero-order valence-electron chi connectivity index (χ0n) is 9.83. The van der Waals surface area contributed by atoms with Crippen molar-refractivity contribution in [2.24, 2.45) is 5.18 Å². The zero-order chi connectivity index (χ0) is 11.4. The van der Waals surface area contributed by atoms with Gasteiger partial charge in [0.25, 0.3) is 5.91 Å². The van der Waals surface area contributed by atoms with E-state index in [2.05, 4.69) is 12.1 Å². The Balaban J connectivity index is 2.98. The Morgan fingerprint density at radius 3 is 1.80 bits per heavy atom. The van der Waals surface area contributed by atoms with E-state index in [1.807, 2.05) is 0 Å². The van der Waals surface area contributed by atoms with Gasteiger partial charge in [-0.15, -0.1) is 4.91 Å². The Hall–Kier alpha value is -0.730. The highest BCUT2D eigenvalue weighted by atomic mass is 16.3. The Morgan fingerprint density at radius 2 is 1.33 bits per heavy atom. The quantitative estimate of drug-likeness (QED) is 0.403. The molecule has 0 aromatic carbocycles. The number of amides is 1. The van der Waals surface area contributed by atoms with E-state index in [1.54, 1.807) is 0 Å². The molecular formula is C12H23NO2. The monoisotopic (exact) mass is 213 g/mol. The average molecular weight is 213 g/mol. The third kappa shape index (κ3) is 11.2. The molecule has 3 nitrogen and oxygen atoms in total. The lowest BCUT2D eigenvalue weighted by molar-refractivity contribution is -0.118. The summed E-state index contributed by atoms with van der Waals surface area (Å²) in [5, 5.41) is 2.37. The van der Waals surface area contributed by atoms with Crippen LogP contribution in [0.3, 0.4) is 0 Å². The molecule has 0 aliphatic carbocycles. The summed E-state index contributed by atoms with van der Waals surface area (Å²) < 4.78 is 0. The number of hydrogen-bond donors (Lipinski definition) is 0. The summed E-state index contributed by atoms with van der Waals surface area (Å²) in [4.78, 5) is 20.3. The van der Waals surface area contributed by atoms with Gasteiger partial charge in [-0.05, 0) is 6.42 Å². The highest BCUT2D eigenvalue weighted by Gasteiger charge is 1.99. The largest absolute Gasteiger partial charge is 0.286 e. The van der Waals surface area contributed by atoms with Crippen LogP contribution in [-0.4, -0.2) is 5.91 Å². The maximum Gasteiger partial charge on any atom is 0.286 e. The van der Waals surface area contributed by atoms with Crippen molar-refractivity contribution in [1.29, 1.82) is 0 Å². The second-order valence-corrected chi connectivity index (χ2v) is 4.06. The van der Waals surface area contributed by atoms with Crippen molar-refractivity contribution >= 4 is 5.91 Å². The number of nitrogens with zero attached hydrogens (tertiary/aromatic N) is 1. The van der Waals surface area contributed by atoms with Gasteiger partial charge in [0.1, 0.15) is 0 Å². The minimum atomic E-state index is -0.502. The Labute approximate surface area is 92.6 Å². The van der Waals surface area contributed by atoms with Crippen LogP contribution in [0.5, 0.6) is 0 Å². The maximum atomic E-state index is 10.5. The third-order valence-corrected chi connectivity index (χ3v) is 2.60. The van der Waals surface area contributed by atoms with Gasteiger partial charge in [0, 0.05) is 11.6 Å². The van der Waals surface area contributed by atoms with Crippen LogP contribution in [0.2, 0.25) is 0 Å². The lowest BCUT2D eigenvalue weighted by Crippen LogP contribution is -1.91. The van der Waals surface area contributed by atoms with E-state index in [-0.39, 0.29) is 0 Å². The molecular weight excluding hydrogens is 190 g/mol. The molecule has 0 aromatic rings. The predicted octanol–water partition coefficient (Wildman–Crippen LogP) is 4.20. The minimum absolute atomic E-state index is 0.333. The van der Waals surface area contributed by atoms with Gasteiger partial charge in [0.05, 0.1) is 0 Å². The standard InChI is InChI=1S/C12H23NO2/c1-2-3-4-5-6-7-8-9-10-11-12(14)13-15/h2-11H2,1H3. The van der Waals surface area contributed by atoms with Gasteiger partial charge in [0.15, 0.2) is 0 Å². The SMILES string of the molecule is CCCCCCCCCCCC(=O)N=O. The van der Waals surface area contributed by atoms with Gasteiger partial charge in [-0.2, -0.15) is 0 Å². The van der Waals surface area contributed by atoms with Gasteiger partial charge in [-0.3, -0.25) is 4.79 Å². The molecule has 0 fully saturated rings. The topological polar surface area (TPSA) is 46.5 Å². The van der Waals surface area contributed by atoms with Crippen LogP contribution in [-0.2, 0) is 4.79 Å². The molecule has 0 aliphatic rings. The number of carbonyl (C=O) groups is 1. The third-order valence-electron chi connectivity index (χ3n) is 2.60. The highest BCUT2D eigenvalue weighted by Crippen LogP contribution is 2.10. The molecule has 1 amide bonds. The molecule has 0 saturated carbocycles. The van der Waals surface area contributed by atoms with Crippen LogP contribution < -0.4 is 0 Å². The minimum Gasteiger partial charge on any atom is -0.269 e. The summed E-state index contributed by atoms with van der Waals surface area (Å²) in [6.45, 7) is 2.22. The summed E-state index contributed by atoms with van der Waals surface area (Å²) >= 11 is 0. The normalized spacial score (nSPS) is 10.2. The molecule has 0 aromatic heterocycles. The van der Waals surface area contributed by atoms with Crippen LogP contribution in [0.25, 0.3) is 0 Å². The summed E-state index contributed by atoms with van der Waals surface area (Å²) in [6, 6.07) is 0. The molecule has 0 N–H and O–H groups in total. The van der Waals surface area contributed by atoms with Crippen LogP contribution in [0, 0.1) is 4.91 Å². The van der Waals surface area contributed by atoms with Gasteiger partial charge < -0.3 is 0 Å². The van der Waals surface area contributed by atoms with E-state index in [0.717, 1.165) is 12.8 Å². The molecule has 0 rings (SSSR count). The van der Waals surface area contributed by atoms with Crippen molar-refractivity contribution in [3.8, 4) is 0 Å². The molecule has 3 heteroatoms. The summed E-state index contributed by atoms with van der Waals surface area (Å²) in [5.74, 6) is -0.502. The van der Waals surface area contributed by atoms with Crippen molar-refractivity contribution in [3.63, 3.8) is 0 Å². The van der Waals surface area contributed by atoms with Crippen molar-refractivity contribution in [2.75, 3.05) is 0 Å². The molecule has 0 unspecified atom stereocenters. The Bertz CT molecular complexity index is 169. The van der Waals surface area contributed by atoms with E-state index in [9.17, 15) is 9.70 Å². The molecule has 0 radical (unpaired) electrons. The maximum absolute atomic E-state index is 10.5. The number of carbonyl (C=O) groups excluding carboxylic acids is 1. The van der Waals surface area contributed by atoms with E-state index in [1.165, 1.54) is 44.9 Å². The van der Waals surface area contributed by atoms with Crippen LogP contribution in [0.4, 0.5) is 0 Å². The van der Waals surface area contributed by atoms with Crippen LogP contribution in [0.1, 0.15) is 71.1 Å². The predicted molar refractivity (Wildman–Crippen MR) is 62.6 cm³/mol. The first-order valence-corrected chi connectivity index (χ1v) is 6.17. The molecule has 0 atom stereocenters. The first kappa shape index (κ1) is 14.3. The van der Waals surface area contributed by atoms with E-state index in [4.69, 9.17) is 0 Å². The highest BCUT2D eigenvalue weighted by molar-refractivity contribution is 5.76. The number of nitroso groups, excluding NO2 is 1. The summed E-state index contributed by atoms with van der Waals surface area (Å²) in [5.41, 5.74) is 0. The molecule has 0 aliphatic heterocycles. The fraction of sp³-hybridized carbons (Fsp3) is 0.917. The van der Waals surface area contributed by atoms with E-state index >= 15 is 0 Å². The fourth-order valence-corrected chi connectivity index (χ4v) is 1.63. The van der Waals surface area contributed by atoms with Crippen molar-refractivity contribution in [2.45, 2.75) is 71.1 Å². The number of unbranched alkanes of at least 4 members (excludes halogenated alkanes) is 8. The smallest absolute Gasteiger partial charge is 0.269 e. The lowest BCUT2D eigenvalue weighted by Gasteiger charge is -2.00. The Kier molecular flexibility index (Phi) is 10.8. The number of hydrogen-bond acceptors (Lipinski definition) is 2. The first-order valence-electron chi connectivity index (χ1n) is 6.17. The summed E-state index contributed by atoms with van der Waals surface area (Å²) in [7, 11) is 0. The fourth-order valence-electron chi connectivity index (χ4n) is 1.63. The lowest BCUT2D eigenvalue weighted by atomic mass is 10.1. The molecule has 0 saturated heterocycles. The van der Waals surface area contributed by atoms with Gasteiger partial charge >= 0.3 is 0 Å². The average Bonchev–Trinajstić information content (AvgIpc) is 2.26. The van der Waals surface area contributed by atoms with Crippen molar-refractivity contribution in [1.82, 2.24) is 0 Å². The van der Waals surface area contributed by atoms with Gasteiger partial charge in [-0.25, -0.2) is 0 Å². The molecule has 88 valence electrons. The summed E-state index contributed by atoms with van der Waals surface area (Å²) in [6.07, 6.45) is 11.3. The number of rotatable bonds is 10. The second-order valence-electron chi connectivity index (χ2n) is 4.06. The zero-order valence-corrected chi connectivity index (χ0v) is 9.83. The molecule has 0 heterocycles. The molecule has 0 bridgehead atoms. The van der Waals surface area contributed by atoms with Crippen molar-refractivity contribution in [3.05, 3.63) is 4.91 Å². The van der Waals surface area contributed by atoms with Crippen LogP contribution in [0.15, 0.2) is 5.18 Å². The first-order chi connectivity index (χ1) is 7.31. The van der Waals surface area contributed by atoms with Gasteiger partial charge in [0.2, 0.25) is 0 Å². The Morgan fingerprint density at radius 1 is 0.867 bits per heavy atom. The second kappa shape index (κ2) is 11.3.